The van der Waals surface area contributed by atoms with Crippen molar-refractivity contribution in [2.45, 2.75) is 13.5 Å². The molecule has 4 nitrogen and oxygen atoms in total. The van der Waals surface area contributed by atoms with Crippen LogP contribution >= 0.6 is 0 Å². The predicted molar refractivity (Wildman–Crippen MR) is 76.4 cm³/mol. The topological polar surface area (TPSA) is 34.5 Å². The quantitative estimate of drug-likeness (QED) is 0.774. The Bertz CT molecular complexity index is 573. The van der Waals surface area contributed by atoms with Crippen molar-refractivity contribution in [3.8, 4) is 0 Å². The molecule has 0 saturated carbocycles. The summed E-state index contributed by atoms with van der Waals surface area (Å²) in [6, 6.07) is 7.73. The summed E-state index contributed by atoms with van der Waals surface area (Å²) in [5, 5.41) is 1.07. The molecule has 4 heteroatoms. The minimum absolute atomic E-state index is 0.259. The first-order chi connectivity index (χ1) is 9.11. The maximum atomic E-state index is 11.7. The van der Waals surface area contributed by atoms with Gasteiger partial charge in [0.2, 0.25) is 0 Å². The summed E-state index contributed by atoms with van der Waals surface area (Å²) in [6.45, 7) is 4.15. The third-order valence-electron chi connectivity index (χ3n) is 3.07. The summed E-state index contributed by atoms with van der Waals surface area (Å²) in [5.74, 6) is -0.259. The van der Waals surface area contributed by atoms with E-state index in [0.29, 0.717) is 12.2 Å². The first-order valence-corrected chi connectivity index (χ1v) is 6.52. The standard InChI is InChI=1S/C15H20N2O2/c1-4-19-15(18)13-5-6-14-12(11-13)7-8-17(14)10-9-16(2)3/h5-8,11H,4,9-10H2,1-3H3. The van der Waals surface area contributed by atoms with Crippen LogP contribution in [0.2, 0.25) is 0 Å². The number of hydrogen-bond donors (Lipinski definition) is 0. The van der Waals surface area contributed by atoms with Crippen LogP contribution < -0.4 is 0 Å². The van der Waals surface area contributed by atoms with E-state index >= 15 is 0 Å². The first kappa shape index (κ1) is 13.6. The van der Waals surface area contributed by atoms with Gasteiger partial charge in [-0.2, -0.15) is 0 Å². The average Bonchev–Trinajstić information content (AvgIpc) is 2.78. The third kappa shape index (κ3) is 3.15. The van der Waals surface area contributed by atoms with Crippen LogP contribution in [0.4, 0.5) is 0 Å². The molecule has 0 atom stereocenters. The number of fused-ring (bicyclic) bond motifs is 1. The number of carbonyl (C=O) groups excluding carboxylic acids is 1. The number of rotatable bonds is 5. The van der Waals surface area contributed by atoms with Crippen LogP contribution in [0.3, 0.4) is 0 Å². The van der Waals surface area contributed by atoms with Gasteiger partial charge in [0.1, 0.15) is 0 Å². The van der Waals surface area contributed by atoms with Crippen LogP contribution in [0.5, 0.6) is 0 Å². The van der Waals surface area contributed by atoms with Crippen molar-refractivity contribution in [2.75, 3.05) is 27.2 Å². The number of aromatic nitrogens is 1. The lowest BCUT2D eigenvalue weighted by molar-refractivity contribution is 0.0526. The fraction of sp³-hybridized carbons (Fsp3) is 0.400. The van der Waals surface area contributed by atoms with E-state index in [1.54, 1.807) is 0 Å². The van der Waals surface area contributed by atoms with Gasteiger partial charge in [-0.15, -0.1) is 0 Å². The largest absolute Gasteiger partial charge is 0.462 e. The maximum absolute atomic E-state index is 11.7. The van der Waals surface area contributed by atoms with Crippen LogP contribution in [0, 0.1) is 0 Å². The lowest BCUT2D eigenvalue weighted by Crippen LogP contribution is -2.17. The predicted octanol–water partition coefficient (Wildman–Crippen LogP) is 2.38. The van der Waals surface area contributed by atoms with Crippen molar-refractivity contribution >= 4 is 16.9 Å². The summed E-state index contributed by atoms with van der Waals surface area (Å²) in [7, 11) is 4.12. The van der Waals surface area contributed by atoms with E-state index in [-0.39, 0.29) is 5.97 Å². The second-order valence-corrected chi connectivity index (χ2v) is 4.81. The van der Waals surface area contributed by atoms with Gasteiger partial charge in [-0.25, -0.2) is 4.79 Å². The number of benzene rings is 1. The maximum Gasteiger partial charge on any atom is 0.338 e. The normalized spacial score (nSPS) is 11.2. The molecule has 0 bridgehead atoms. The van der Waals surface area contributed by atoms with E-state index in [1.165, 1.54) is 0 Å². The van der Waals surface area contributed by atoms with Crippen LogP contribution in [0.1, 0.15) is 17.3 Å². The lowest BCUT2D eigenvalue weighted by atomic mass is 10.1. The van der Waals surface area contributed by atoms with Crippen molar-refractivity contribution in [3.05, 3.63) is 36.0 Å². The van der Waals surface area contributed by atoms with E-state index in [0.717, 1.165) is 24.0 Å². The van der Waals surface area contributed by atoms with Crippen molar-refractivity contribution in [1.29, 1.82) is 0 Å². The molecule has 0 aliphatic carbocycles. The van der Waals surface area contributed by atoms with Crippen molar-refractivity contribution < 1.29 is 9.53 Å². The van der Waals surface area contributed by atoms with Gasteiger partial charge in [0.05, 0.1) is 12.2 Å². The minimum Gasteiger partial charge on any atom is -0.462 e. The molecular formula is C15H20N2O2. The van der Waals surface area contributed by atoms with Crippen molar-refractivity contribution in [2.24, 2.45) is 0 Å². The Kier molecular flexibility index (Phi) is 4.22. The number of nitrogens with zero attached hydrogens (tertiary/aromatic N) is 2. The highest BCUT2D eigenvalue weighted by Crippen LogP contribution is 2.18. The molecule has 0 amide bonds. The van der Waals surface area contributed by atoms with Crippen LogP contribution in [-0.4, -0.2) is 42.7 Å². The van der Waals surface area contributed by atoms with Crippen LogP contribution in [0.25, 0.3) is 10.9 Å². The third-order valence-corrected chi connectivity index (χ3v) is 3.07. The van der Waals surface area contributed by atoms with E-state index in [9.17, 15) is 4.79 Å². The fourth-order valence-corrected chi connectivity index (χ4v) is 2.04. The highest BCUT2D eigenvalue weighted by atomic mass is 16.5. The molecule has 0 N–H and O–H groups in total. The van der Waals surface area contributed by atoms with Gasteiger partial charge in [0, 0.05) is 30.2 Å². The molecule has 2 rings (SSSR count). The van der Waals surface area contributed by atoms with Crippen LogP contribution in [-0.2, 0) is 11.3 Å². The van der Waals surface area contributed by atoms with Crippen molar-refractivity contribution in [1.82, 2.24) is 9.47 Å². The van der Waals surface area contributed by atoms with Gasteiger partial charge in [-0.1, -0.05) is 0 Å². The van der Waals surface area contributed by atoms with E-state index in [4.69, 9.17) is 4.74 Å². The Hall–Kier alpha value is -1.81. The number of esters is 1. The molecule has 19 heavy (non-hydrogen) atoms. The second-order valence-electron chi connectivity index (χ2n) is 4.81. The van der Waals surface area contributed by atoms with Crippen LogP contribution in [0.15, 0.2) is 30.5 Å². The SMILES string of the molecule is CCOC(=O)c1ccc2c(ccn2CCN(C)C)c1. The molecule has 2 aromatic rings. The zero-order valence-corrected chi connectivity index (χ0v) is 11.7. The van der Waals surface area contributed by atoms with Gasteiger partial charge in [-0.05, 0) is 45.3 Å². The van der Waals surface area contributed by atoms with E-state index in [1.807, 2.05) is 31.2 Å². The Labute approximate surface area is 113 Å². The Balaban J connectivity index is 2.23. The number of hydrogen-bond acceptors (Lipinski definition) is 3. The minimum atomic E-state index is -0.259. The summed E-state index contributed by atoms with van der Waals surface area (Å²) >= 11 is 0. The second kappa shape index (κ2) is 5.89. The summed E-state index contributed by atoms with van der Waals surface area (Å²) in [4.78, 5) is 13.8. The molecule has 0 aliphatic rings. The number of ether oxygens (including phenoxy) is 1. The van der Waals surface area contributed by atoms with Gasteiger partial charge in [0.15, 0.2) is 0 Å². The molecule has 102 valence electrons. The molecule has 0 radical (unpaired) electrons. The summed E-state index contributed by atoms with van der Waals surface area (Å²) in [5.41, 5.74) is 1.76. The fourth-order valence-electron chi connectivity index (χ4n) is 2.04. The lowest BCUT2D eigenvalue weighted by Gasteiger charge is -2.11. The molecule has 0 saturated heterocycles. The monoisotopic (exact) mass is 260 g/mol. The van der Waals surface area contributed by atoms with Gasteiger partial charge < -0.3 is 14.2 Å². The van der Waals surface area contributed by atoms with E-state index in [2.05, 4.69) is 29.8 Å². The number of carbonyl (C=O) groups is 1. The molecule has 0 fully saturated rings. The van der Waals surface area contributed by atoms with Gasteiger partial charge in [0.25, 0.3) is 0 Å². The van der Waals surface area contributed by atoms with Gasteiger partial charge >= 0.3 is 5.97 Å². The summed E-state index contributed by atoms with van der Waals surface area (Å²) in [6.07, 6.45) is 2.06. The van der Waals surface area contributed by atoms with Gasteiger partial charge in [-0.3, -0.25) is 0 Å². The summed E-state index contributed by atoms with van der Waals surface area (Å²) < 4.78 is 7.21. The highest BCUT2D eigenvalue weighted by molar-refractivity contribution is 5.94. The van der Waals surface area contributed by atoms with Crippen molar-refractivity contribution in [3.63, 3.8) is 0 Å². The molecule has 0 aliphatic heterocycles. The smallest absolute Gasteiger partial charge is 0.338 e. The Morgan fingerprint density at radius 1 is 1.32 bits per heavy atom. The molecule has 1 aromatic heterocycles. The zero-order chi connectivity index (χ0) is 13.8. The molecule has 0 spiro atoms. The average molecular weight is 260 g/mol. The number of likely N-dealkylation sites (N-methyl/N-ethyl adjacent to an activating group) is 1. The molecule has 1 aromatic carbocycles. The van der Waals surface area contributed by atoms with E-state index < -0.39 is 0 Å². The Morgan fingerprint density at radius 3 is 2.79 bits per heavy atom. The zero-order valence-electron chi connectivity index (χ0n) is 11.7. The molecular weight excluding hydrogens is 240 g/mol. The Morgan fingerprint density at radius 2 is 2.11 bits per heavy atom. The molecule has 0 unspecified atom stereocenters. The highest BCUT2D eigenvalue weighted by Gasteiger charge is 2.08. The first-order valence-electron chi connectivity index (χ1n) is 6.52. The molecule has 1 heterocycles.